The molecular weight excluding hydrogens is 262 g/mol. The van der Waals surface area contributed by atoms with Gasteiger partial charge in [-0.15, -0.1) is 11.3 Å². The summed E-state index contributed by atoms with van der Waals surface area (Å²) in [5.41, 5.74) is 0.0579. The van der Waals surface area contributed by atoms with E-state index >= 15 is 0 Å². The largest absolute Gasteiger partial charge is 0.456 e. The minimum absolute atomic E-state index is 0.0579. The van der Waals surface area contributed by atoms with Gasteiger partial charge in [0.15, 0.2) is 0 Å². The number of nitro benzene ring substituents is 1. The second-order valence-corrected chi connectivity index (χ2v) is 4.86. The molecule has 0 saturated carbocycles. The van der Waals surface area contributed by atoms with Gasteiger partial charge in [-0.2, -0.15) is 0 Å². The molecule has 0 saturated heterocycles. The van der Waals surface area contributed by atoms with Crippen LogP contribution in [0.3, 0.4) is 0 Å². The first-order valence-electron chi connectivity index (χ1n) is 5.62. The molecule has 3 rings (SSSR count). The molecule has 5 heteroatoms. The van der Waals surface area contributed by atoms with Crippen molar-refractivity contribution in [2.24, 2.45) is 0 Å². The zero-order valence-electron chi connectivity index (χ0n) is 9.78. The third-order valence-electron chi connectivity index (χ3n) is 2.72. The molecular formula is C14H9NO3S. The first kappa shape index (κ1) is 11.7. The Hall–Kier alpha value is -2.40. The molecule has 0 amide bonds. The molecule has 0 aliphatic rings. The summed E-state index contributed by atoms with van der Waals surface area (Å²) in [6, 6.07) is 14.0. The summed E-state index contributed by atoms with van der Waals surface area (Å²) in [7, 11) is 0. The van der Waals surface area contributed by atoms with Crippen molar-refractivity contribution >= 4 is 27.1 Å². The third-order valence-corrected chi connectivity index (χ3v) is 3.66. The number of hydrogen-bond donors (Lipinski definition) is 0. The fourth-order valence-electron chi connectivity index (χ4n) is 1.80. The van der Waals surface area contributed by atoms with Crippen molar-refractivity contribution in [1.82, 2.24) is 0 Å². The summed E-state index contributed by atoms with van der Waals surface area (Å²) in [6.45, 7) is 0. The summed E-state index contributed by atoms with van der Waals surface area (Å²) in [4.78, 5) is 10.1. The van der Waals surface area contributed by atoms with Gasteiger partial charge in [-0.3, -0.25) is 10.1 Å². The maximum absolute atomic E-state index is 10.6. The van der Waals surface area contributed by atoms with Crippen molar-refractivity contribution in [2.75, 3.05) is 0 Å². The number of non-ortho nitro benzene ring substituents is 1. The summed E-state index contributed by atoms with van der Waals surface area (Å²) in [6.07, 6.45) is 0. The summed E-state index contributed by atoms with van der Waals surface area (Å²) >= 11 is 1.61. The van der Waals surface area contributed by atoms with Gasteiger partial charge in [0.2, 0.25) is 0 Å². The lowest BCUT2D eigenvalue weighted by molar-refractivity contribution is -0.384. The average molecular weight is 271 g/mol. The minimum atomic E-state index is -0.427. The molecule has 0 fully saturated rings. The molecule has 94 valence electrons. The van der Waals surface area contributed by atoms with Gasteiger partial charge >= 0.3 is 0 Å². The van der Waals surface area contributed by atoms with Crippen LogP contribution < -0.4 is 4.74 Å². The van der Waals surface area contributed by atoms with E-state index in [2.05, 4.69) is 0 Å². The van der Waals surface area contributed by atoms with Crippen molar-refractivity contribution in [3.05, 3.63) is 64.0 Å². The highest BCUT2D eigenvalue weighted by molar-refractivity contribution is 7.17. The van der Waals surface area contributed by atoms with Crippen LogP contribution in [-0.2, 0) is 0 Å². The zero-order valence-corrected chi connectivity index (χ0v) is 10.6. The lowest BCUT2D eigenvalue weighted by atomic mass is 10.2. The highest BCUT2D eigenvalue weighted by Gasteiger charge is 2.08. The fourth-order valence-corrected chi connectivity index (χ4v) is 2.66. The Morgan fingerprint density at radius 1 is 1.05 bits per heavy atom. The lowest BCUT2D eigenvalue weighted by Gasteiger charge is -2.03. The van der Waals surface area contributed by atoms with Gasteiger partial charge in [0, 0.05) is 27.6 Å². The van der Waals surface area contributed by atoms with Gasteiger partial charge < -0.3 is 4.74 Å². The maximum atomic E-state index is 10.6. The predicted octanol–water partition coefficient (Wildman–Crippen LogP) is 4.60. The first-order chi connectivity index (χ1) is 9.24. The second-order valence-electron chi connectivity index (χ2n) is 3.95. The van der Waals surface area contributed by atoms with Crippen LogP contribution >= 0.6 is 11.3 Å². The van der Waals surface area contributed by atoms with Gasteiger partial charge in [-0.1, -0.05) is 12.1 Å². The van der Waals surface area contributed by atoms with Gasteiger partial charge in [-0.05, 0) is 24.3 Å². The van der Waals surface area contributed by atoms with Crippen LogP contribution in [0.1, 0.15) is 0 Å². The average Bonchev–Trinajstić information content (AvgIpc) is 2.83. The topological polar surface area (TPSA) is 52.4 Å². The Balaban J connectivity index is 1.90. The molecule has 2 aromatic carbocycles. The quantitative estimate of drug-likeness (QED) is 0.516. The number of ether oxygens (including phenoxy) is 1. The predicted molar refractivity (Wildman–Crippen MR) is 75.0 cm³/mol. The summed E-state index contributed by atoms with van der Waals surface area (Å²) in [5.74, 6) is 1.36. The smallest absolute Gasteiger partial charge is 0.269 e. The number of nitrogens with zero attached hydrogens (tertiary/aromatic N) is 1. The molecule has 0 unspecified atom stereocenters. The van der Waals surface area contributed by atoms with Gasteiger partial charge in [0.05, 0.1) is 4.92 Å². The van der Waals surface area contributed by atoms with Crippen LogP contribution in [-0.4, -0.2) is 4.92 Å². The van der Waals surface area contributed by atoms with Gasteiger partial charge in [0.25, 0.3) is 5.69 Å². The van der Waals surface area contributed by atoms with Crippen molar-refractivity contribution < 1.29 is 9.66 Å². The second kappa shape index (κ2) is 4.70. The monoisotopic (exact) mass is 271 g/mol. The van der Waals surface area contributed by atoms with E-state index in [4.69, 9.17) is 4.74 Å². The fraction of sp³-hybridized carbons (Fsp3) is 0. The van der Waals surface area contributed by atoms with Crippen molar-refractivity contribution in [3.8, 4) is 11.5 Å². The van der Waals surface area contributed by atoms with E-state index < -0.39 is 4.92 Å². The Kier molecular flexibility index (Phi) is 2.89. The lowest BCUT2D eigenvalue weighted by Crippen LogP contribution is -1.88. The normalized spacial score (nSPS) is 10.5. The molecule has 0 spiro atoms. The Morgan fingerprint density at radius 3 is 2.53 bits per heavy atom. The Labute approximate surface area is 113 Å². The number of rotatable bonds is 3. The molecule has 0 bridgehead atoms. The van der Waals surface area contributed by atoms with E-state index in [0.29, 0.717) is 5.75 Å². The van der Waals surface area contributed by atoms with E-state index in [1.54, 1.807) is 23.5 Å². The van der Waals surface area contributed by atoms with E-state index in [0.717, 1.165) is 15.8 Å². The third kappa shape index (κ3) is 2.28. The zero-order chi connectivity index (χ0) is 13.2. The van der Waals surface area contributed by atoms with Gasteiger partial charge in [0.1, 0.15) is 11.5 Å². The SMILES string of the molecule is O=[N+]([O-])c1ccc(Oc2csc3ccccc23)cc1. The van der Waals surface area contributed by atoms with Gasteiger partial charge in [-0.25, -0.2) is 0 Å². The molecule has 4 nitrogen and oxygen atoms in total. The molecule has 0 N–H and O–H groups in total. The Morgan fingerprint density at radius 2 is 1.79 bits per heavy atom. The van der Waals surface area contributed by atoms with Crippen LogP contribution in [0.4, 0.5) is 5.69 Å². The molecule has 3 aromatic rings. The molecule has 0 radical (unpaired) electrons. The molecule has 0 aliphatic carbocycles. The molecule has 0 aliphatic heterocycles. The van der Waals surface area contributed by atoms with E-state index in [9.17, 15) is 10.1 Å². The number of benzene rings is 2. The minimum Gasteiger partial charge on any atom is -0.456 e. The van der Waals surface area contributed by atoms with E-state index in [1.807, 2.05) is 29.6 Å². The van der Waals surface area contributed by atoms with Crippen LogP contribution in [0, 0.1) is 10.1 Å². The van der Waals surface area contributed by atoms with Crippen LogP contribution in [0.25, 0.3) is 10.1 Å². The van der Waals surface area contributed by atoms with Crippen LogP contribution in [0.15, 0.2) is 53.9 Å². The van der Waals surface area contributed by atoms with Crippen molar-refractivity contribution in [2.45, 2.75) is 0 Å². The molecule has 0 atom stereocenters. The number of thiophene rings is 1. The van der Waals surface area contributed by atoms with Crippen molar-refractivity contribution in [1.29, 1.82) is 0 Å². The van der Waals surface area contributed by atoms with E-state index in [1.165, 1.54) is 12.1 Å². The standard InChI is InChI=1S/C14H9NO3S/c16-15(17)10-5-7-11(8-6-10)18-13-9-19-14-4-2-1-3-12(13)14/h1-9H. The van der Waals surface area contributed by atoms with Crippen LogP contribution in [0.2, 0.25) is 0 Å². The van der Waals surface area contributed by atoms with Crippen LogP contribution in [0.5, 0.6) is 11.5 Å². The highest BCUT2D eigenvalue weighted by atomic mass is 32.1. The number of fused-ring (bicyclic) bond motifs is 1. The molecule has 1 heterocycles. The van der Waals surface area contributed by atoms with E-state index in [-0.39, 0.29) is 5.69 Å². The Bertz CT molecular complexity index is 734. The maximum Gasteiger partial charge on any atom is 0.269 e. The number of nitro groups is 1. The first-order valence-corrected chi connectivity index (χ1v) is 6.50. The van der Waals surface area contributed by atoms with Crippen molar-refractivity contribution in [3.63, 3.8) is 0 Å². The summed E-state index contributed by atoms with van der Waals surface area (Å²) in [5, 5.41) is 13.6. The number of hydrogen-bond acceptors (Lipinski definition) is 4. The molecule has 1 aromatic heterocycles. The highest BCUT2D eigenvalue weighted by Crippen LogP contribution is 2.35. The summed E-state index contributed by atoms with van der Waals surface area (Å²) < 4.78 is 6.91. The molecule has 19 heavy (non-hydrogen) atoms.